The number of carbonyl (C=O) groups is 1. The van der Waals surface area contributed by atoms with Crippen LogP contribution in [0.3, 0.4) is 0 Å². The van der Waals surface area contributed by atoms with Crippen molar-refractivity contribution in [3.63, 3.8) is 0 Å². The van der Waals surface area contributed by atoms with Gasteiger partial charge in [-0.1, -0.05) is 31.5 Å². The zero-order valence-corrected chi connectivity index (χ0v) is 21.8. The van der Waals surface area contributed by atoms with Crippen molar-refractivity contribution in [2.45, 2.75) is 26.7 Å². The zero-order chi connectivity index (χ0) is 26.5. The summed E-state index contributed by atoms with van der Waals surface area (Å²) in [6, 6.07) is 7.19. The van der Waals surface area contributed by atoms with Crippen LogP contribution in [0.5, 0.6) is 5.75 Å². The number of phenolic OH excluding ortho intramolecular Hbond substituents is 1. The number of fused-ring (bicyclic) bond motifs is 1. The van der Waals surface area contributed by atoms with E-state index in [0.29, 0.717) is 29.0 Å². The number of aromatic hydroxyl groups is 1. The van der Waals surface area contributed by atoms with Crippen LogP contribution in [0.2, 0.25) is 5.02 Å². The number of benzene rings is 2. The van der Waals surface area contributed by atoms with Gasteiger partial charge < -0.3 is 25.4 Å². The highest BCUT2D eigenvalue weighted by molar-refractivity contribution is 6.31. The van der Waals surface area contributed by atoms with Gasteiger partial charge in [0.15, 0.2) is 0 Å². The predicted molar refractivity (Wildman–Crippen MR) is 144 cm³/mol. The summed E-state index contributed by atoms with van der Waals surface area (Å²) in [5, 5.41) is 16.4. The lowest BCUT2D eigenvalue weighted by Gasteiger charge is -2.12. The van der Waals surface area contributed by atoms with Crippen molar-refractivity contribution in [1.82, 2.24) is 14.9 Å². The van der Waals surface area contributed by atoms with Crippen LogP contribution in [0.1, 0.15) is 26.7 Å². The predicted octanol–water partition coefficient (Wildman–Crippen LogP) is 5.75. The summed E-state index contributed by atoms with van der Waals surface area (Å²) in [7, 11) is 3.78. The Hall–Kier alpha value is -3.27. The molecule has 2 aromatic carbocycles. The molecular weight excluding hydrogens is 485 g/mol. The number of aromatic nitrogens is 2. The molecule has 10 heteroatoms. The molecule has 1 fully saturated rings. The average molecular weight is 518 g/mol. The summed E-state index contributed by atoms with van der Waals surface area (Å²) in [6.07, 6.45) is 6.99. The summed E-state index contributed by atoms with van der Waals surface area (Å²) in [4.78, 5) is 22.4. The second-order valence-corrected chi connectivity index (χ2v) is 8.24. The first-order valence-corrected chi connectivity index (χ1v) is 12.1. The molecule has 1 aromatic heterocycles. The zero-order valence-electron chi connectivity index (χ0n) is 21.0. The minimum atomic E-state index is -0.526. The van der Waals surface area contributed by atoms with Gasteiger partial charge >= 0.3 is 0 Å². The Bertz CT molecular complexity index is 1160. The summed E-state index contributed by atoms with van der Waals surface area (Å²) >= 11 is 5.82. The maximum Gasteiger partial charge on any atom is 0.248 e. The number of likely N-dealkylation sites (N-methyl/N-ethyl adjacent to an activating group) is 1. The lowest BCUT2D eigenvalue weighted by molar-refractivity contribution is -0.111. The average Bonchev–Trinajstić information content (AvgIpc) is 3.44. The Morgan fingerprint density at radius 1 is 1.19 bits per heavy atom. The van der Waals surface area contributed by atoms with Crippen LogP contribution in [-0.2, 0) is 9.53 Å². The third-order valence-corrected chi connectivity index (χ3v) is 5.05. The van der Waals surface area contributed by atoms with Gasteiger partial charge in [0, 0.05) is 43.0 Å². The Morgan fingerprint density at radius 2 is 1.92 bits per heavy atom. The van der Waals surface area contributed by atoms with Gasteiger partial charge in [0.2, 0.25) is 5.91 Å². The van der Waals surface area contributed by atoms with E-state index in [0.717, 1.165) is 13.2 Å². The molecule has 4 rings (SSSR count). The fourth-order valence-corrected chi connectivity index (χ4v) is 3.24. The van der Waals surface area contributed by atoms with E-state index >= 15 is 0 Å². The van der Waals surface area contributed by atoms with Gasteiger partial charge in [-0.15, -0.1) is 0 Å². The second-order valence-electron chi connectivity index (χ2n) is 7.84. The van der Waals surface area contributed by atoms with E-state index in [2.05, 4.69) is 20.6 Å². The van der Waals surface area contributed by atoms with Crippen molar-refractivity contribution in [3.05, 3.63) is 59.7 Å². The second kappa shape index (κ2) is 15.0. The van der Waals surface area contributed by atoms with E-state index in [1.165, 1.54) is 49.5 Å². The van der Waals surface area contributed by atoms with Gasteiger partial charge in [0.05, 0.1) is 16.2 Å². The lowest BCUT2D eigenvalue weighted by Crippen LogP contribution is -2.13. The topological polar surface area (TPSA) is 99.6 Å². The monoisotopic (exact) mass is 517 g/mol. The number of hydrogen-bond acceptors (Lipinski definition) is 7. The first-order valence-electron chi connectivity index (χ1n) is 11.7. The summed E-state index contributed by atoms with van der Waals surface area (Å²) in [5.74, 6) is -0.613. The third kappa shape index (κ3) is 9.07. The van der Waals surface area contributed by atoms with Gasteiger partial charge in [-0.05, 0) is 51.2 Å². The smallest absolute Gasteiger partial charge is 0.248 e. The van der Waals surface area contributed by atoms with Crippen LogP contribution in [-0.4, -0.2) is 59.7 Å². The number of nitrogens with zero attached hydrogens (tertiary/aromatic N) is 3. The molecule has 0 radical (unpaired) electrons. The van der Waals surface area contributed by atoms with Crippen LogP contribution in [0.4, 0.5) is 21.6 Å². The van der Waals surface area contributed by atoms with Crippen LogP contribution in [0, 0.1) is 5.82 Å². The molecule has 2 heterocycles. The van der Waals surface area contributed by atoms with Crippen LogP contribution >= 0.6 is 11.6 Å². The van der Waals surface area contributed by atoms with Gasteiger partial charge in [-0.25, -0.2) is 14.4 Å². The number of carbonyl (C=O) groups excluding carboxylic acids is 1. The minimum Gasteiger partial charge on any atom is -0.506 e. The van der Waals surface area contributed by atoms with Gasteiger partial charge in [0.1, 0.15) is 23.7 Å². The normalized spacial score (nSPS) is 12.6. The molecular formula is C26H33ClFN5O3. The van der Waals surface area contributed by atoms with Crippen LogP contribution in [0.15, 0.2) is 48.8 Å². The molecule has 0 aliphatic carbocycles. The number of phenols is 1. The largest absolute Gasteiger partial charge is 0.506 e. The highest BCUT2D eigenvalue weighted by atomic mass is 35.5. The summed E-state index contributed by atoms with van der Waals surface area (Å²) < 4.78 is 18.3. The fourth-order valence-electron chi connectivity index (χ4n) is 3.06. The van der Waals surface area contributed by atoms with Crippen LogP contribution < -0.4 is 10.6 Å². The number of anilines is 3. The lowest BCUT2D eigenvalue weighted by atomic mass is 10.2. The van der Waals surface area contributed by atoms with Gasteiger partial charge in [0.25, 0.3) is 0 Å². The van der Waals surface area contributed by atoms with Crippen LogP contribution in [0.25, 0.3) is 10.9 Å². The Labute approximate surface area is 216 Å². The fraction of sp³-hybridized carbons (Fsp3) is 0.346. The number of ether oxygens (including phenoxy) is 1. The Kier molecular flexibility index (Phi) is 12.0. The van der Waals surface area contributed by atoms with E-state index in [1.54, 1.807) is 12.1 Å². The highest BCUT2D eigenvalue weighted by Gasteiger charge is 2.12. The summed E-state index contributed by atoms with van der Waals surface area (Å²) in [5.41, 5.74) is 1.21. The molecule has 194 valence electrons. The third-order valence-electron chi connectivity index (χ3n) is 4.76. The summed E-state index contributed by atoms with van der Waals surface area (Å²) in [6.45, 7) is 6.61. The maximum absolute atomic E-state index is 13.4. The van der Waals surface area contributed by atoms with E-state index in [4.69, 9.17) is 16.3 Å². The van der Waals surface area contributed by atoms with E-state index < -0.39 is 5.82 Å². The molecule has 1 aliphatic rings. The Balaban J connectivity index is 0.000000570. The van der Waals surface area contributed by atoms with Crippen molar-refractivity contribution in [3.8, 4) is 5.75 Å². The molecule has 1 saturated heterocycles. The maximum atomic E-state index is 13.4. The van der Waals surface area contributed by atoms with Gasteiger partial charge in [-0.2, -0.15) is 0 Å². The standard InChI is InChI=1S/C20H19ClFN5O2.C4H8O.C2H6/c1-27(2)7-3-4-19(29)26-17-9-13-16(10-18(17)28)23-11-24-20(13)25-12-5-6-15(22)14(21)8-12;1-2-4-5-3-1;1-2/h3-6,8-11,28H,7H2,1-2H3,(H,26,29)(H,23,24,25);1-4H2;1-2H3/b4-3+;;. The van der Waals surface area contributed by atoms with E-state index in [-0.39, 0.29) is 22.4 Å². The number of amides is 1. The quantitative estimate of drug-likeness (QED) is 0.283. The minimum absolute atomic E-state index is 0.0246. The van der Waals surface area contributed by atoms with Gasteiger partial charge in [-0.3, -0.25) is 4.79 Å². The molecule has 1 amide bonds. The molecule has 1 aliphatic heterocycles. The number of nitrogens with one attached hydrogen (secondary N) is 2. The van der Waals surface area contributed by atoms with Crippen molar-refractivity contribution in [1.29, 1.82) is 0 Å². The molecule has 8 nitrogen and oxygen atoms in total. The molecule has 3 aromatic rings. The number of halogens is 2. The molecule has 36 heavy (non-hydrogen) atoms. The molecule has 0 bridgehead atoms. The van der Waals surface area contributed by atoms with E-state index in [1.807, 2.05) is 32.8 Å². The SMILES string of the molecule is C1CCOC1.CC.CN(C)C/C=C/C(=O)Nc1cc2c(Nc3ccc(F)c(Cl)c3)ncnc2cc1O. The van der Waals surface area contributed by atoms with Crippen molar-refractivity contribution in [2.24, 2.45) is 0 Å². The Morgan fingerprint density at radius 3 is 2.53 bits per heavy atom. The number of hydrogen-bond donors (Lipinski definition) is 3. The molecule has 0 unspecified atom stereocenters. The highest BCUT2D eigenvalue weighted by Crippen LogP contribution is 2.32. The molecule has 0 atom stereocenters. The first kappa shape index (κ1) is 29.0. The van der Waals surface area contributed by atoms with E-state index in [9.17, 15) is 14.3 Å². The molecule has 0 saturated carbocycles. The molecule has 3 N–H and O–H groups in total. The van der Waals surface area contributed by atoms with Crippen molar-refractivity contribution < 1.29 is 19.0 Å². The first-order chi connectivity index (χ1) is 17.3. The van der Waals surface area contributed by atoms with Crippen molar-refractivity contribution >= 4 is 45.6 Å². The molecule has 0 spiro atoms. The van der Waals surface area contributed by atoms with Crippen molar-refractivity contribution in [2.75, 3.05) is 44.5 Å². The number of rotatable bonds is 6.